The highest BCUT2D eigenvalue weighted by Crippen LogP contribution is 2.29. The minimum absolute atomic E-state index is 0.0626. The van der Waals surface area contributed by atoms with Gasteiger partial charge < -0.3 is 15.4 Å². The van der Waals surface area contributed by atoms with Crippen molar-refractivity contribution in [2.24, 2.45) is 5.92 Å². The number of aromatic nitrogens is 1. The van der Waals surface area contributed by atoms with Gasteiger partial charge >= 0.3 is 0 Å². The fourth-order valence-electron chi connectivity index (χ4n) is 2.52. The van der Waals surface area contributed by atoms with Gasteiger partial charge in [-0.25, -0.2) is 4.98 Å². The molecular weight excluding hydrogens is 349 g/mol. The Hall–Kier alpha value is -1.82. The lowest BCUT2D eigenvalue weighted by Gasteiger charge is -2.21. The smallest absolute Gasteiger partial charge is 0.238 e. The number of nitrogens with zero attached hydrogens (tertiary/aromatic N) is 1. The van der Waals surface area contributed by atoms with Gasteiger partial charge in [-0.05, 0) is 56.3 Å². The molecule has 1 aliphatic heterocycles. The van der Waals surface area contributed by atoms with E-state index in [-0.39, 0.29) is 17.7 Å². The molecule has 2 aromatic rings. The third-order valence-electron chi connectivity index (χ3n) is 3.82. The summed E-state index contributed by atoms with van der Waals surface area (Å²) in [6, 6.07) is 8.66. The van der Waals surface area contributed by atoms with Gasteiger partial charge in [0.1, 0.15) is 10.8 Å². The van der Waals surface area contributed by atoms with Gasteiger partial charge in [0, 0.05) is 17.8 Å². The van der Waals surface area contributed by atoms with Crippen molar-refractivity contribution in [3.05, 3.63) is 46.6 Å². The second kappa shape index (κ2) is 7.83. The zero-order chi connectivity index (χ0) is 16.9. The number of halogens is 2. The molecule has 0 saturated carbocycles. The molecule has 2 N–H and O–H groups in total. The largest absolute Gasteiger partial charge is 0.438 e. The minimum Gasteiger partial charge on any atom is -0.438 e. The van der Waals surface area contributed by atoms with Gasteiger partial charge in [0.25, 0.3) is 0 Å². The Morgan fingerprint density at radius 2 is 1.92 bits per heavy atom. The van der Waals surface area contributed by atoms with Crippen LogP contribution >= 0.6 is 23.2 Å². The number of nitrogens with one attached hydrogen (secondary N) is 2. The highest BCUT2D eigenvalue weighted by molar-refractivity contribution is 6.35. The van der Waals surface area contributed by atoms with Crippen LogP contribution in [0.25, 0.3) is 0 Å². The molecule has 1 aromatic heterocycles. The third kappa shape index (κ3) is 4.38. The van der Waals surface area contributed by atoms with E-state index in [0.717, 1.165) is 31.6 Å². The maximum absolute atomic E-state index is 12.2. The average Bonchev–Trinajstić information content (AvgIpc) is 2.60. The van der Waals surface area contributed by atoms with E-state index in [1.165, 1.54) is 6.20 Å². The topological polar surface area (TPSA) is 63.2 Å². The van der Waals surface area contributed by atoms with Gasteiger partial charge in [0.15, 0.2) is 0 Å². The molecule has 0 atom stereocenters. The normalized spacial score (nSPS) is 15.1. The zero-order valence-electron chi connectivity index (χ0n) is 12.9. The molecule has 24 heavy (non-hydrogen) atoms. The van der Waals surface area contributed by atoms with Crippen LogP contribution in [0.3, 0.4) is 0 Å². The summed E-state index contributed by atoms with van der Waals surface area (Å²) in [5.41, 5.74) is 0.737. The van der Waals surface area contributed by atoms with Gasteiger partial charge in [-0.1, -0.05) is 23.2 Å². The zero-order valence-corrected chi connectivity index (χ0v) is 14.4. The van der Waals surface area contributed by atoms with Crippen LogP contribution in [0.2, 0.25) is 10.0 Å². The third-order valence-corrected chi connectivity index (χ3v) is 4.30. The minimum atomic E-state index is 0.0626. The number of carbonyl (C=O) groups is 1. The molecule has 0 unspecified atom stereocenters. The molecule has 2 heterocycles. The van der Waals surface area contributed by atoms with Crippen LogP contribution in [-0.4, -0.2) is 24.0 Å². The molecule has 0 bridgehead atoms. The van der Waals surface area contributed by atoms with E-state index < -0.39 is 0 Å². The maximum Gasteiger partial charge on any atom is 0.238 e. The average molecular weight is 366 g/mol. The summed E-state index contributed by atoms with van der Waals surface area (Å²) in [4.78, 5) is 16.3. The number of rotatable bonds is 4. The molecule has 0 spiro atoms. The molecule has 3 rings (SSSR count). The van der Waals surface area contributed by atoms with Crippen molar-refractivity contribution in [2.45, 2.75) is 12.8 Å². The molecule has 5 nitrogen and oxygen atoms in total. The quantitative estimate of drug-likeness (QED) is 0.855. The van der Waals surface area contributed by atoms with Crippen molar-refractivity contribution >= 4 is 34.8 Å². The van der Waals surface area contributed by atoms with E-state index in [1.807, 2.05) is 0 Å². The number of amides is 1. The van der Waals surface area contributed by atoms with Crippen LogP contribution in [0.5, 0.6) is 11.6 Å². The number of benzene rings is 1. The first kappa shape index (κ1) is 17.0. The number of pyridine rings is 1. The van der Waals surface area contributed by atoms with Crippen LogP contribution in [-0.2, 0) is 4.79 Å². The second-order valence-electron chi connectivity index (χ2n) is 5.58. The lowest BCUT2D eigenvalue weighted by atomic mass is 9.97. The van der Waals surface area contributed by atoms with Crippen LogP contribution in [0.15, 0.2) is 36.5 Å². The van der Waals surface area contributed by atoms with Crippen molar-refractivity contribution < 1.29 is 9.53 Å². The highest BCUT2D eigenvalue weighted by Gasteiger charge is 2.20. The Balaban J connectivity index is 1.61. The first-order chi connectivity index (χ1) is 11.6. The molecular formula is C17H17Cl2N3O2. The molecule has 0 aliphatic carbocycles. The Kier molecular flexibility index (Phi) is 5.56. The maximum atomic E-state index is 12.2. The number of ether oxygens (including phenoxy) is 1. The van der Waals surface area contributed by atoms with Crippen molar-refractivity contribution in [1.82, 2.24) is 10.3 Å². The number of hydrogen-bond donors (Lipinski definition) is 2. The Morgan fingerprint density at radius 1 is 1.21 bits per heavy atom. The van der Waals surface area contributed by atoms with Gasteiger partial charge in [-0.3, -0.25) is 4.79 Å². The van der Waals surface area contributed by atoms with Crippen molar-refractivity contribution in [3.63, 3.8) is 0 Å². The van der Waals surface area contributed by atoms with E-state index in [2.05, 4.69) is 15.6 Å². The molecule has 1 fully saturated rings. The number of piperidine rings is 1. The summed E-state index contributed by atoms with van der Waals surface area (Å²) in [5, 5.41) is 6.98. The van der Waals surface area contributed by atoms with Gasteiger partial charge in [0.05, 0.1) is 5.02 Å². The molecule has 7 heteroatoms. The summed E-state index contributed by atoms with van der Waals surface area (Å²) in [5.74, 6) is 0.992. The van der Waals surface area contributed by atoms with Crippen molar-refractivity contribution in [3.8, 4) is 11.6 Å². The van der Waals surface area contributed by atoms with Gasteiger partial charge in [0.2, 0.25) is 11.8 Å². The fraction of sp³-hybridized carbons (Fsp3) is 0.294. The lowest BCUT2D eigenvalue weighted by Crippen LogP contribution is -2.34. The summed E-state index contributed by atoms with van der Waals surface area (Å²) in [6.07, 6.45) is 3.21. The molecule has 1 amide bonds. The van der Waals surface area contributed by atoms with E-state index in [1.54, 1.807) is 30.3 Å². The summed E-state index contributed by atoms with van der Waals surface area (Å²) < 4.78 is 5.62. The Morgan fingerprint density at radius 3 is 2.58 bits per heavy atom. The van der Waals surface area contributed by atoms with Crippen LogP contribution < -0.4 is 15.4 Å². The summed E-state index contributed by atoms with van der Waals surface area (Å²) in [7, 11) is 0. The van der Waals surface area contributed by atoms with Gasteiger partial charge in [-0.15, -0.1) is 0 Å². The van der Waals surface area contributed by atoms with Crippen molar-refractivity contribution in [2.75, 3.05) is 18.4 Å². The first-order valence-corrected chi connectivity index (χ1v) is 8.48. The number of anilines is 1. The van der Waals surface area contributed by atoms with Crippen LogP contribution in [0.1, 0.15) is 12.8 Å². The SMILES string of the molecule is O=C(Nc1ccc(Oc2ncc(Cl)cc2Cl)cc1)C1CCNCC1. The van der Waals surface area contributed by atoms with Crippen molar-refractivity contribution in [1.29, 1.82) is 0 Å². The standard InChI is InChI=1S/C17H17Cl2N3O2/c18-12-9-15(19)17(21-10-12)24-14-3-1-13(2-4-14)22-16(23)11-5-7-20-8-6-11/h1-4,9-11,20H,5-8H2,(H,22,23). The molecule has 0 radical (unpaired) electrons. The molecule has 1 saturated heterocycles. The number of hydrogen-bond acceptors (Lipinski definition) is 4. The van der Waals surface area contributed by atoms with E-state index in [4.69, 9.17) is 27.9 Å². The molecule has 126 valence electrons. The number of carbonyl (C=O) groups excluding carboxylic acids is 1. The summed E-state index contributed by atoms with van der Waals surface area (Å²) >= 11 is 11.8. The van der Waals surface area contributed by atoms with Crippen LogP contribution in [0, 0.1) is 5.92 Å². The van der Waals surface area contributed by atoms with E-state index >= 15 is 0 Å². The fourth-order valence-corrected chi connectivity index (χ4v) is 2.94. The lowest BCUT2D eigenvalue weighted by molar-refractivity contribution is -0.120. The Labute approximate surface area is 150 Å². The second-order valence-corrected chi connectivity index (χ2v) is 6.42. The van der Waals surface area contributed by atoms with E-state index in [9.17, 15) is 4.79 Å². The predicted octanol–water partition coefficient (Wildman–Crippen LogP) is 4.12. The van der Waals surface area contributed by atoms with E-state index in [0.29, 0.717) is 15.8 Å². The summed E-state index contributed by atoms with van der Waals surface area (Å²) in [6.45, 7) is 1.78. The first-order valence-electron chi connectivity index (χ1n) is 7.72. The Bertz CT molecular complexity index is 716. The predicted molar refractivity (Wildman–Crippen MR) is 95.0 cm³/mol. The van der Waals surface area contributed by atoms with Gasteiger partial charge in [-0.2, -0.15) is 0 Å². The highest BCUT2D eigenvalue weighted by atomic mass is 35.5. The molecule has 1 aromatic carbocycles. The van der Waals surface area contributed by atoms with Crippen LogP contribution in [0.4, 0.5) is 5.69 Å². The molecule has 1 aliphatic rings. The monoisotopic (exact) mass is 365 g/mol.